The normalized spacial score (nSPS) is 21.9. The summed E-state index contributed by atoms with van der Waals surface area (Å²) in [5.41, 5.74) is 0.877. The van der Waals surface area contributed by atoms with Gasteiger partial charge in [-0.1, -0.05) is 0 Å². The van der Waals surface area contributed by atoms with E-state index in [-0.39, 0.29) is 6.10 Å². The average molecular weight is 194 g/mol. The summed E-state index contributed by atoms with van der Waals surface area (Å²) >= 11 is 0. The lowest BCUT2D eigenvalue weighted by atomic mass is 10.2. The van der Waals surface area contributed by atoms with E-state index >= 15 is 0 Å². The fourth-order valence-corrected chi connectivity index (χ4v) is 1.52. The third-order valence-corrected chi connectivity index (χ3v) is 2.20. The first-order valence-electron chi connectivity index (χ1n) is 4.73. The van der Waals surface area contributed by atoms with Gasteiger partial charge in [0.2, 0.25) is 0 Å². The van der Waals surface area contributed by atoms with Crippen molar-refractivity contribution in [3.05, 3.63) is 18.1 Å². The molecule has 2 heterocycles. The van der Waals surface area contributed by atoms with Crippen molar-refractivity contribution in [2.45, 2.75) is 6.10 Å². The average Bonchev–Trinajstić information content (AvgIpc) is 2.30. The second-order valence-electron chi connectivity index (χ2n) is 3.10. The van der Waals surface area contributed by atoms with Crippen LogP contribution in [0.15, 0.2) is 12.4 Å². The number of nitrogens with one attached hydrogen (secondary N) is 2. The molecule has 14 heavy (non-hydrogen) atoms. The maximum atomic E-state index is 5.60. The summed E-state index contributed by atoms with van der Waals surface area (Å²) in [4.78, 5) is 8.47. The summed E-state index contributed by atoms with van der Waals surface area (Å²) in [7, 11) is 1.84. The zero-order chi connectivity index (χ0) is 9.80. The van der Waals surface area contributed by atoms with Gasteiger partial charge in [-0.05, 0) is 0 Å². The van der Waals surface area contributed by atoms with E-state index in [1.165, 1.54) is 0 Å². The number of hydrogen-bond acceptors (Lipinski definition) is 5. The molecule has 0 saturated carbocycles. The number of rotatable bonds is 2. The van der Waals surface area contributed by atoms with Crippen LogP contribution in [0.5, 0.6) is 0 Å². The molecule has 0 bridgehead atoms. The van der Waals surface area contributed by atoms with Gasteiger partial charge in [-0.15, -0.1) is 0 Å². The molecule has 1 saturated heterocycles. The summed E-state index contributed by atoms with van der Waals surface area (Å²) in [6, 6.07) is 0. The summed E-state index contributed by atoms with van der Waals surface area (Å²) in [5, 5.41) is 6.28. The number of nitrogens with zero attached hydrogens (tertiary/aromatic N) is 2. The SMILES string of the molecule is CNc1nccnc1C1CNCCO1. The Labute approximate surface area is 82.9 Å². The van der Waals surface area contributed by atoms with E-state index in [0.29, 0.717) is 0 Å². The molecule has 0 aliphatic carbocycles. The van der Waals surface area contributed by atoms with Crippen LogP contribution in [0, 0.1) is 0 Å². The van der Waals surface area contributed by atoms with Crippen LogP contribution < -0.4 is 10.6 Å². The number of aromatic nitrogens is 2. The summed E-state index contributed by atoms with van der Waals surface area (Å²) in [6.07, 6.45) is 3.37. The Balaban J connectivity index is 2.20. The predicted octanol–water partition coefficient (Wildman–Crippen LogP) is 0.179. The van der Waals surface area contributed by atoms with Gasteiger partial charge in [-0.2, -0.15) is 0 Å². The predicted molar refractivity (Wildman–Crippen MR) is 53.1 cm³/mol. The van der Waals surface area contributed by atoms with E-state index in [9.17, 15) is 0 Å². The molecular formula is C9H14N4O. The van der Waals surface area contributed by atoms with Gasteiger partial charge in [0.25, 0.3) is 0 Å². The minimum Gasteiger partial charge on any atom is -0.372 e. The van der Waals surface area contributed by atoms with Gasteiger partial charge in [0.15, 0.2) is 0 Å². The number of anilines is 1. The molecule has 1 aromatic heterocycles. The van der Waals surface area contributed by atoms with Gasteiger partial charge < -0.3 is 15.4 Å². The van der Waals surface area contributed by atoms with E-state index in [1.807, 2.05) is 7.05 Å². The highest BCUT2D eigenvalue weighted by molar-refractivity contribution is 5.40. The zero-order valence-electron chi connectivity index (χ0n) is 8.16. The second kappa shape index (κ2) is 4.34. The molecule has 5 nitrogen and oxygen atoms in total. The van der Waals surface area contributed by atoms with Gasteiger partial charge in [0.05, 0.1) is 6.61 Å². The van der Waals surface area contributed by atoms with Crippen LogP contribution >= 0.6 is 0 Å². The monoisotopic (exact) mass is 194 g/mol. The van der Waals surface area contributed by atoms with Crippen LogP contribution in [0.3, 0.4) is 0 Å². The van der Waals surface area contributed by atoms with Crippen molar-refractivity contribution in [3.63, 3.8) is 0 Å². The summed E-state index contributed by atoms with van der Waals surface area (Å²) in [6.45, 7) is 2.43. The maximum absolute atomic E-state index is 5.60. The zero-order valence-corrected chi connectivity index (χ0v) is 8.16. The van der Waals surface area contributed by atoms with Crippen molar-refractivity contribution < 1.29 is 4.74 Å². The highest BCUT2D eigenvalue weighted by Crippen LogP contribution is 2.21. The van der Waals surface area contributed by atoms with E-state index in [4.69, 9.17) is 4.74 Å². The number of morpholine rings is 1. The lowest BCUT2D eigenvalue weighted by Gasteiger charge is -2.24. The molecule has 1 aliphatic rings. The van der Waals surface area contributed by atoms with Gasteiger partial charge in [0, 0.05) is 32.5 Å². The molecule has 1 atom stereocenters. The Morgan fingerprint density at radius 3 is 3.07 bits per heavy atom. The first kappa shape index (κ1) is 9.36. The van der Waals surface area contributed by atoms with Crippen LogP contribution in [0.4, 0.5) is 5.82 Å². The van der Waals surface area contributed by atoms with Gasteiger partial charge in [0.1, 0.15) is 17.6 Å². The fraction of sp³-hybridized carbons (Fsp3) is 0.556. The van der Waals surface area contributed by atoms with Crippen molar-refractivity contribution >= 4 is 5.82 Å². The van der Waals surface area contributed by atoms with Gasteiger partial charge in [-0.25, -0.2) is 4.98 Å². The van der Waals surface area contributed by atoms with Gasteiger partial charge >= 0.3 is 0 Å². The molecule has 1 unspecified atom stereocenters. The van der Waals surface area contributed by atoms with Crippen LogP contribution in [0.2, 0.25) is 0 Å². The largest absolute Gasteiger partial charge is 0.372 e. The molecule has 76 valence electrons. The molecule has 0 aromatic carbocycles. The molecule has 2 rings (SSSR count). The second-order valence-corrected chi connectivity index (χ2v) is 3.10. The van der Waals surface area contributed by atoms with E-state index in [2.05, 4.69) is 20.6 Å². The Kier molecular flexibility index (Phi) is 2.90. The molecular weight excluding hydrogens is 180 g/mol. The van der Waals surface area contributed by atoms with Crippen LogP contribution in [0.25, 0.3) is 0 Å². The maximum Gasteiger partial charge on any atom is 0.150 e. The minimum atomic E-state index is 0.0138. The molecule has 1 aromatic rings. The van der Waals surface area contributed by atoms with Crippen molar-refractivity contribution in [3.8, 4) is 0 Å². The third kappa shape index (κ3) is 1.83. The first-order chi connectivity index (χ1) is 6.92. The van der Waals surface area contributed by atoms with Crippen LogP contribution in [-0.4, -0.2) is 36.7 Å². The van der Waals surface area contributed by atoms with Crippen molar-refractivity contribution in [1.29, 1.82) is 0 Å². The molecule has 1 aliphatic heterocycles. The molecule has 2 N–H and O–H groups in total. The molecule has 0 amide bonds. The smallest absolute Gasteiger partial charge is 0.150 e. The van der Waals surface area contributed by atoms with Crippen molar-refractivity contribution in [2.75, 3.05) is 32.1 Å². The fourth-order valence-electron chi connectivity index (χ4n) is 1.52. The highest BCUT2D eigenvalue weighted by Gasteiger charge is 2.20. The Morgan fingerprint density at radius 2 is 2.36 bits per heavy atom. The Hall–Kier alpha value is -1.20. The van der Waals surface area contributed by atoms with Crippen LogP contribution in [-0.2, 0) is 4.74 Å². The highest BCUT2D eigenvalue weighted by atomic mass is 16.5. The van der Waals surface area contributed by atoms with E-state index in [0.717, 1.165) is 31.2 Å². The topological polar surface area (TPSA) is 59.1 Å². The van der Waals surface area contributed by atoms with Crippen molar-refractivity contribution in [1.82, 2.24) is 15.3 Å². The molecule has 0 radical (unpaired) electrons. The number of ether oxygens (including phenoxy) is 1. The van der Waals surface area contributed by atoms with Crippen LogP contribution in [0.1, 0.15) is 11.8 Å². The van der Waals surface area contributed by atoms with E-state index in [1.54, 1.807) is 12.4 Å². The number of hydrogen-bond donors (Lipinski definition) is 2. The minimum absolute atomic E-state index is 0.0138. The van der Waals surface area contributed by atoms with Gasteiger partial charge in [-0.3, -0.25) is 4.98 Å². The molecule has 0 spiro atoms. The molecule has 1 fully saturated rings. The first-order valence-corrected chi connectivity index (χ1v) is 4.73. The quantitative estimate of drug-likeness (QED) is 0.703. The lowest BCUT2D eigenvalue weighted by molar-refractivity contribution is 0.0253. The van der Waals surface area contributed by atoms with Crippen molar-refractivity contribution in [2.24, 2.45) is 0 Å². The Bertz CT molecular complexity index is 299. The molecule has 5 heteroatoms. The summed E-state index contributed by atoms with van der Waals surface area (Å²) < 4.78 is 5.60. The third-order valence-electron chi connectivity index (χ3n) is 2.20. The standard InChI is InChI=1S/C9H14N4O/c1-10-9-8(12-2-3-13-9)7-6-11-4-5-14-7/h2-3,7,11H,4-6H2,1H3,(H,10,13). The summed E-state index contributed by atoms with van der Waals surface area (Å²) in [5.74, 6) is 0.793. The Morgan fingerprint density at radius 1 is 1.50 bits per heavy atom. The lowest BCUT2D eigenvalue weighted by Crippen LogP contribution is -2.34. The van der Waals surface area contributed by atoms with E-state index < -0.39 is 0 Å².